The summed E-state index contributed by atoms with van der Waals surface area (Å²) in [6.45, 7) is 11.9. The van der Waals surface area contributed by atoms with E-state index < -0.39 is 85.8 Å². The van der Waals surface area contributed by atoms with Gasteiger partial charge < -0.3 is 14.8 Å². The average molecular weight is 1570 g/mol. The number of H-pyrrole nitrogens is 3. The number of aromatic nitrogens is 10. The van der Waals surface area contributed by atoms with Crippen LogP contribution in [0.1, 0.15) is 150 Å². The molecule has 0 fully saturated rings. The molecule has 562 valence electrons. The zero-order valence-corrected chi connectivity index (χ0v) is 61.4. The van der Waals surface area contributed by atoms with Crippen molar-refractivity contribution in [2.75, 3.05) is 6.26 Å². The number of benzene rings is 3. The molecule has 0 aliphatic heterocycles. The second-order valence-electron chi connectivity index (χ2n) is 23.5. The summed E-state index contributed by atoms with van der Waals surface area (Å²) in [5.41, 5.74) is 4.30. The lowest BCUT2D eigenvalue weighted by Gasteiger charge is -2.17. The van der Waals surface area contributed by atoms with E-state index in [2.05, 4.69) is 65.0 Å². The van der Waals surface area contributed by atoms with Crippen LogP contribution in [-0.4, -0.2) is 86.7 Å². The molecular formula is C76H71BrF6N12O12S. The molecule has 32 heteroatoms. The van der Waals surface area contributed by atoms with Crippen molar-refractivity contribution in [1.29, 1.82) is 10.5 Å². The Kier molecular flexibility index (Phi) is 34.0. The molecule has 24 nitrogen and oxygen atoms in total. The van der Waals surface area contributed by atoms with E-state index in [1.807, 2.05) is 25.1 Å². The number of carbonyl (C=O) groups is 3. The number of nitriles is 2. The summed E-state index contributed by atoms with van der Waals surface area (Å²) in [5, 5.41) is 27.4. The zero-order chi connectivity index (χ0) is 79.8. The first-order chi connectivity index (χ1) is 51.2. The fourth-order valence-corrected chi connectivity index (χ4v) is 10.0. The number of aliphatic hydroxyl groups is 1. The Morgan fingerprint density at radius 1 is 0.528 bits per heavy atom. The van der Waals surface area contributed by atoms with Crippen molar-refractivity contribution < 1.29 is 64.6 Å². The highest BCUT2D eigenvalue weighted by Gasteiger charge is 2.26. The van der Waals surface area contributed by atoms with Crippen LogP contribution in [0.25, 0.3) is 0 Å². The molecule has 0 bridgehead atoms. The molecule has 0 radical (unpaired) electrons. The average Bonchev–Trinajstić information content (AvgIpc) is 0.771. The Labute approximate surface area is 624 Å². The fourth-order valence-electron chi connectivity index (χ4n) is 9.32. The van der Waals surface area contributed by atoms with Crippen molar-refractivity contribution >= 4 is 43.6 Å². The maximum atomic E-state index is 13.5. The number of nitrogens with zero attached hydrogens (tertiary/aromatic N) is 9. The molecule has 11 aromatic rings. The zero-order valence-electron chi connectivity index (χ0n) is 59.0. The van der Waals surface area contributed by atoms with Crippen LogP contribution in [0, 0.1) is 79.1 Å². The van der Waals surface area contributed by atoms with Gasteiger partial charge in [0.2, 0.25) is 47.3 Å². The number of ketones is 2. The van der Waals surface area contributed by atoms with Crippen LogP contribution in [-0.2, 0) is 50.7 Å². The number of aliphatic hydroxyl groups excluding tert-OH is 1. The van der Waals surface area contributed by atoms with Crippen molar-refractivity contribution in [3.8, 4) is 12.1 Å². The van der Waals surface area contributed by atoms with E-state index in [9.17, 15) is 73.6 Å². The Bertz CT molecular complexity index is 5350. The number of pyridine rings is 6. The fraction of sp³-hybridized carbons (Fsp3) is 0.197. The van der Waals surface area contributed by atoms with Gasteiger partial charge in [0.05, 0.1) is 60.5 Å². The van der Waals surface area contributed by atoms with Gasteiger partial charge in [-0.15, -0.1) is 0 Å². The Hall–Kier alpha value is -12.4. The molecule has 0 saturated carbocycles. The smallest absolute Gasteiger partial charge is 0.338 e. The van der Waals surface area contributed by atoms with Crippen molar-refractivity contribution in [2.24, 2.45) is 0 Å². The number of esters is 1. The number of carbonyl (C=O) groups excluding carboxylic acids is 3. The third-order valence-electron chi connectivity index (χ3n) is 14.1. The standard InChI is InChI=1S/C22H19FN4O3.C16H15N3O3.C13H10FNO2.C7H8FNO3S.C6H5BrFN.C6H6FNO.C6H6FN.H2/c1-12(2)18-19(20(28)16-7-13(3)6-15(8-16)10-24)27(22(30)26-21(18)29)11-14-4-5-25-17(23)9-14;1-8(2)12-13(18-16(22)19-15(12)21)14(20)11-5-9(3)4-10(6-11)7-17;14-12-8-10(6-7-15-12)9-17-13(16)11-4-2-1-3-5-11;1-13(10,11)12-5-6-2-3-9-7(8)4-6;7-4-5-1-2-9-6(8)3-5;7-6-3-5(4-9)1-2-8-6;1-5-2-3-8-6(7)4-5;/h4-9,12H,11H2,1-3H3,(H,26,29,30);4-6,8H,1-3H3,(H2,18,19,21,22);1-8H,9H2;2-4H,5H2,1H3;1-3H,4H2;1-3,9H,4H2;2-4H,1H3;1H. The van der Waals surface area contributed by atoms with Gasteiger partial charge in [-0.1, -0.05) is 61.8 Å². The first-order valence-corrected chi connectivity index (χ1v) is 34.9. The molecule has 0 aliphatic carbocycles. The van der Waals surface area contributed by atoms with E-state index in [1.54, 1.807) is 114 Å². The van der Waals surface area contributed by atoms with E-state index in [-0.39, 0.29) is 73.3 Å². The van der Waals surface area contributed by atoms with Gasteiger partial charge in [-0.2, -0.15) is 45.3 Å². The molecule has 0 unspecified atom stereocenters. The quantitative estimate of drug-likeness (QED) is 0.0174. The van der Waals surface area contributed by atoms with Crippen molar-refractivity contribution in [1.82, 2.24) is 49.4 Å². The molecule has 11 rings (SSSR count). The molecule has 0 atom stereocenters. The van der Waals surface area contributed by atoms with Crippen molar-refractivity contribution in [2.45, 2.75) is 92.0 Å². The van der Waals surface area contributed by atoms with Gasteiger partial charge in [0.15, 0.2) is 0 Å². The molecular weight excluding hydrogens is 1500 g/mol. The van der Waals surface area contributed by atoms with Crippen LogP contribution < -0.4 is 22.5 Å². The molecule has 8 aromatic heterocycles. The van der Waals surface area contributed by atoms with Gasteiger partial charge >= 0.3 is 17.3 Å². The highest BCUT2D eigenvalue weighted by Crippen LogP contribution is 2.22. The number of aryl methyl sites for hydroxylation is 3. The van der Waals surface area contributed by atoms with Crippen molar-refractivity contribution in [3.63, 3.8) is 0 Å². The van der Waals surface area contributed by atoms with E-state index in [0.717, 1.165) is 39.6 Å². The highest BCUT2D eigenvalue weighted by atomic mass is 79.9. The predicted molar refractivity (Wildman–Crippen MR) is 391 cm³/mol. The molecule has 4 N–H and O–H groups in total. The van der Waals surface area contributed by atoms with Crippen LogP contribution in [0.15, 0.2) is 196 Å². The third-order valence-corrected chi connectivity index (χ3v) is 15.3. The van der Waals surface area contributed by atoms with Crippen LogP contribution in [0.4, 0.5) is 26.3 Å². The summed E-state index contributed by atoms with van der Waals surface area (Å²) in [6, 6.07) is 39.1. The van der Waals surface area contributed by atoms with Crippen LogP contribution in [0.3, 0.4) is 0 Å². The minimum atomic E-state index is -3.48. The SMILES string of the molecule is CS(=O)(=O)OCc1ccnc(F)c1.Cc1cc(C#N)cc(C(=O)c2[nH]c(=O)[nH]c(=O)c2C(C)C)c1.Cc1cc(C#N)cc(C(=O)c2c(C(C)C)c(=O)[nH]c(=O)n2Cc2ccnc(F)c2)c1.Cc1ccnc(F)c1.Fc1cc(CBr)ccn1.O=C(OCc1ccnc(F)c1)c1ccccc1.OCc1ccnc(F)c1.[HH]. The van der Waals surface area contributed by atoms with E-state index in [4.69, 9.17) is 15.1 Å². The van der Waals surface area contributed by atoms with Crippen LogP contribution in [0.2, 0.25) is 0 Å². The second kappa shape index (κ2) is 42.6. The van der Waals surface area contributed by atoms with E-state index in [1.165, 1.54) is 85.7 Å². The third kappa shape index (κ3) is 28.9. The minimum Gasteiger partial charge on any atom is -0.457 e. The molecule has 3 aromatic carbocycles. The maximum absolute atomic E-state index is 13.5. The summed E-state index contributed by atoms with van der Waals surface area (Å²) in [4.78, 5) is 113. The van der Waals surface area contributed by atoms with Gasteiger partial charge in [0.25, 0.3) is 21.2 Å². The number of rotatable bonds is 16. The second-order valence-corrected chi connectivity index (χ2v) is 25.7. The number of nitrogens with one attached hydrogen (secondary N) is 3. The molecule has 0 aliphatic rings. The Morgan fingerprint density at radius 3 is 1.38 bits per heavy atom. The van der Waals surface area contributed by atoms with Crippen molar-refractivity contribution in [3.05, 3.63) is 349 Å². The summed E-state index contributed by atoms with van der Waals surface area (Å²) in [7, 11) is -3.48. The van der Waals surface area contributed by atoms with E-state index in [0.29, 0.717) is 49.8 Å². The lowest BCUT2D eigenvalue weighted by Crippen LogP contribution is -2.38. The maximum Gasteiger partial charge on any atom is 0.338 e. The number of alkyl halides is 1. The molecule has 108 heavy (non-hydrogen) atoms. The Morgan fingerprint density at radius 2 is 0.954 bits per heavy atom. The normalized spacial score (nSPS) is 10.4. The number of hydrogen-bond acceptors (Lipinski definition) is 20. The largest absolute Gasteiger partial charge is 0.457 e. The molecule has 0 amide bonds. The minimum absolute atomic E-state index is 0. The molecule has 8 heterocycles. The topological polar surface area (TPSA) is 370 Å². The number of aromatic amines is 3. The summed E-state index contributed by atoms with van der Waals surface area (Å²) in [6.07, 6.45) is 8.99. The van der Waals surface area contributed by atoms with Gasteiger partial charge in [-0.25, -0.2) is 44.3 Å². The van der Waals surface area contributed by atoms with Crippen LogP contribution in [0.5, 0.6) is 0 Å². The Balaban J connectivity index is 0.000000282. The van der Waals surface area contributed by atoms with Gasteiger partial charge in [0, 0.05) is 66.2 Å². The number of hydrogen-bond donors (Lipinski definition) is 4. The lowest BCUT2D eigenvalue weighted by molar-refractivity contribution is 0.0471. The molecule has 0 saturated heterocycles. The van der Waals surface area contributed by atoms with Gasteiger partial charge in [0.1, 0.15) is 12.3 Å². The van der Waals surface area contributed by atoms with Gasteiger partial charge in [-0.05, 0) is 198 Å². The monoisotopic (exact) mass is 1570 g/mol. The van der Waals surface area contributed by atoms with E-state index >= 15 is 0 Å². The number of halogens is 7. The number of ether oxygens (including phenoxy) is 1. The lowest BCUT2D eigenvalue weighted by atomic mass is 9.95. The summed E-state index contributed by atoms with van der Waals surface area (Å²) >= 11 is 3.20. The first kappa shape index (κ1) is 86.3. The molecule has 0 spiro atoms. The summed E-state index contributed by atoms with van der Waals surface area (Å²) in [5.74, 6) is -5.43. The first-order valence-electron chi connectivity index (χ1n) is 31.9. The van der Waals surface area contributed by atoms with Crippen LogP contribution >= 0.6 is 15.9 Å². The predicted octanol–water partition coefficient (Wildman–Crippen LogP) is 12.1. The highest BCUT2D eigenvalue weighted by molar-refractivity contribution is 9.08. The van der Waals surface area contributed by atoms with Gasteiger partial charge in [-0.3, -0.25) is 37.9 Å². The summed E-state index contributed by atoms with van der Waals surface area (Å²) < 4.78 is 107.